The largest absolute Gasteiger partial charge is 0.491 e. The predicted molar refractivity (Wildman–Crippen MR) is 81.7 cm³/mol. The number of hydrogen-bond acceptors (Lipinski definition) is 3. The van der Waals surface area contributed by atoms with Crippen molar-refractivity contribution < 1.29 is 9.53 Å². The average Bonchev–Trinajstić information content (AvgIpc) is 3.09. The Kier molecular flexibility index (Phi) is 3.13. The number of rotatable bonds is 2. The number of aromatic amines is 1. The van der Waals surface area contributed by atoms with Crippen LogP contribution in [0.15, 0.2) is 24.3 Å². The van der Waals surface area contributed by atoms with Crippen LogP contribution in [-0.4, -0.2) is 22.5 Å². The van der Waals surface area contributed by atoms with E-state index in [1.165, 1.54) is 0 Å². The molecule has 2 atom stereocenters. The summed E-state index contributed by atoms with van der Waals surface area (Å²) in [5.74, 6) is 1.94. The third-order valence-corrected chi connectivity index (χ3v) is 4.55. The van der Waals surface area contributed by atoms with Crippen LogP contribution in [0, 0.1) is 12.8 Å². The molecule has 0 bridgehead atoms. The van der Waals surface area contributed by atoms with E-state index in [1.54, 1.807) is 0 Å². The maximum absolute atomic E-state index is 12.6. The van der Waals surface area contributed by atoms with Gasteiger partial charge in [-0.1, -0.05) is 18.2 Å². The first-order valence-corrected chi connectivity index (χ1v) is 7.77. The van der Waals surface area contributed by atoms with Crippen molar-refractivity contribution in [3.05, 3.63) is 47.0 Å². The Morgan fingerprint density at radius 1 is 1.41 bits per heavy atom. The van der Waals surface area contributed by atoms with Crippen LogP contribution < -0.4 is 10.1 Å². The lowest BCUT2D eigenvalue weighted by Crippen LogP contribution is -2.37. The molecule has 0 saturated carbocycles. The minimum atomic E-state index is -0.0337. The molecular formula is C17H19N3O2. The lowest BCUT2D eigenvalue weighted by molar-refractivity contribution is -0.126. The quantitative estimate of drug-likeness (QED) is 0.892. The number of nitrogens with zero attached hydrogens (tertiary/aromatic N) is 1. The number of hydrogen-bond donors (Lipinski definition) is 2. The van der Waals surface area contributed by atoms with E-state index < -0.39 is 0 Å². The van der Waals surface area contributed by atoms with Gasteiger partial charge in [0.05, 0.1) is 11.7 Å². The van der Waals surface area contributed by atoms with Crippen LogP contribution >= 0.6 is 0 Å². The number of amides is 1. The summed E-state index contributed by atoms with van der Waals surface area (Å²) in [7, 11) is 0. The second-order valence-electron chi connectivity index (χ2n) is 6.10. The summed E-state index contributed by atoms with van der Waals surface area (Å²) in [6.07, 6.45) is 2.48. The fourth-order valence-corrected chi connectivity index (χ4v) is 3.42. The number of aryl methyl sites for hydroxylation is 2. The van der Waals surface area contributed by atoms with Gasteiger partial charge in [-0.3, -0.25) is 4.79 Å². The van der Waals surface area contributed by atoms with Crippen molar-refractivity contribution in [3.63, 3.8) is 0 Å². The van der Waals surface area contributed by atoms with Gasteiger partial charge < -0.3 is 15.0 Å². The zero-order valence-corrected chi connectivity index (χ0v) is 12.6. The van der Waals surface area contributed by atoms with Crippen molar-refractivity contribution in [1.29, 1.82) is 0 Å². The number of carbonyl (C=O) groups is 1. The number of H-pyrrole nitrogens is 1. The van der Waals surface area contributed by atoms with Gasteiger partial charge in [0.2, 0.25) is 5.91 Å². The molecule has 4 rings (SSSR count). The van der Waals surface area contributed by atoms with Gasteiger partial charge in [0, 0.05) is 23.6 Å². The number of benzene rings is 1. The molecule has 2 N–H and O–H groups in total. The zero-order chi connectivity index (χ0) is 15.1. The Hall–Kier alpha value is -2.30. The van der Waals surface area contributed by atoms with Crippen molar-refractivity contribution in [2.75, 3.05) is 6.61 Å². The Morgan fingerprint density at radius 3 is 3.18 bits per heavy atom. The molecular weight excluding hydrogens is 278 g/mol. The molecule has 0 radical (unpaired) electrons. The van der Waals surface area contributed by atoms with Gasteiger partial charge in [-0.15, -0.1) is 0 Å². The molecule has 0 fully saturated rings. The van der Waals surface area contributed by atoms with Crippen LogP contribution in [-0.2, 0) is 17.6 Å². The normalized spacial score (nSPS) is 22.6. The summed E-state index contributed by atoms with van der Waals surface area (Å²) in [6, 6.07) is 7.86. The maximum atomic E-state index is 12.6. The van der Waals surface area contributed by atoms with Crippen molar-refractivity contribution in [3.8, 4) is 5.75 Å². The third kappa shape index (κ3) is 2.26. The van der Waals surface area contributed by atoms with Crippen molar-refractivity contribution in [2.45, 2.75) is 32.2 Å². The van der Waals surface area contributed by atoms with Crippen LogP contribution in [0.2, 0.25) is 0 Å². The van der Waals surface area contributed by atoms with Gasteiger partial charge in [0.25, 0.3) is 0 Å². The minimum absolute atomic E-state index is 0.0140. The minimum Gasteiger partial charge on any atom is -0.491 e. The molecule has 1 aromatic heterocycles. The van der Waals surface area contributed by atoms with Gasteiger partial charge in [0.15, 0.2) is 0 Å². The lowest BCUT2D eigenvalue weighted by atomic mass is 9.89. The highest BCUT2D eigenvalue weighted by Gasteiger charge is 2.31. The van der Waals surface area contributed by atoms with Crippen LogP contribution in [0.4, 0.5) is 0 Å². The summed E-state index contributed by atoms with van der Waals surface area (Å²) in [4.78, 5) is 20.3. The number of carbonyl (C=O) groups excluding carboxylic acids is 1. The van der Waals surface area contributed by atoms with E-state index in [9.17, 15) is 4.79 Å². The summed E-state index contributed by atoms with van der Waals surface area (Å²) in [6.45, 7) is 2.48. The molecule has 1 aliphatic carbocycles. The SMILES string of the molecule is Cc1nc2c([nH]1)C[C@H](C(=O)N[C@@H]1COc3ccccc31)CC2. The van der Waals surface area contributed by atoms with Crippen LogP contribution in [0.3, 0.4) is 0 Å². The second kappa shape index (κ2) is 5.16. The predicted octanol–water partition coefficient (Wildman–Crippen LogP) is 2.07. The lowest BCUT2D eigenvalue weighted by Gasteiger charge is -2.22. The number of nitrogens with one attached hydrogen (secondary N) is 2. The fourth-order valence-electron chi connectivity index (χ4n) is 3.42. The third-order valence-electron chi connectivity index (χ3n) is 4.55. The monoisotopic (exact) mass is 297 g/mol. The maximum Gasteiger partial charge on any atom is 0.224 e. The summed E-state index contributed by atoms with van der Waals surface area (Å²) < 4.78 is 5.63. The fraction of sp³-hybridized carbons (Fsp3) is 0.412. The molecule has 2 aromatic rings. The van der Waals surface area contributed by atoms with E-state index in [1.807, 2.05) is 31.2 Å². The molecule has 0 saturated heterocycles. The van der Waals surface area contributed by atoms with Gasteiger partial charge in [-0.05, 0) is 25.8 Å². The Balaban J connectivity index is 1.46. The second-order valence-corrected chi connectivity index (χ2v) is 6.10. The highest BCUT2D eigenvalue weighted by Crippen LogP contribution is 2.32. The van der Waals surface area contributed by atoms with E-state index in [4.69, 9.17) is 4.74 Å². The van der Waals surface area contributed by atoms with E-state index in [2.05, 4.69) is 15.3 Å². The zero-order valence-electron chi connectivity index (χ0n) is 12.6. The first kappa shape index (κ1) is 13.4. The Bertz CT molecular complexity index is 722. The summed E-state index contributed by atoms with van der Waals surface area (Å²) in [5.41, 5.74) is 3.31. The van der Waals surface area contributed by atoms with Crippen LogP contribution in [0.1, 0.15) is 35.2 Å². The van der Waals surface area contributed by atoms with Gasteiger partial charge in [-0.25, -0.2) is 4.98 Å². The molecule has 114 valence electrons. The number of fused-ring (bicyclic) bond motifs is 2. The van der Waals surface area contributed by atoms with E-state index in [0.717, 1.165) is 47.8 Å². The van der Waals surface area contributed by atoms with Crippen LogP contribution in [0.25, 0.3) is 0 Å². The molecule has 0 spiro atoms. The van der Waals surface area contributed by atoms with Gasteiger partial charge in [-0.2, -0.15) is 0 Å². The van der Waals surface area contributed by atoms with Crippen molar-refractivity contribution in [2.24, 2.45) is 5.92 Å². The van der Waals surface area contributed by atoms with Gasteiger partial charge in [0.1, 0.15) is 18.2 Å². The molecule has 5 nitrogen and oxygen atoms in total. The molecule has 1 aromatic carbocycles. The van der Waals surface area contributed by atoms with Crippen molar-refractivity contribution >= 4 is 5.91 Å². The van der Waals surface area contributed by atoms with E-state index >= 15 is 0 Å². The number of aromatic nitrogens is 2. The Labute approximate surface area is 129 Å². The standard InChI is InChI=1S/C17H19N3O2/c1-10-18-13-7-6-11(8-14(13)19-10)17(21)20-15-9-22-16-5-3-2-4-12(15)16/h2-5,11,15H,6-9H2,1H3,(H,18,19)(H,20,21)/t11-,15-/m1/s1. The number of imidazole rings is 1. The molecule has 22 heavy (non-hydrogen) atoms. The summed E-state index contributed by atoms with van der Waals surface area (Å²) >= 11 is 0. The molecule has 5 heteroatoms. The topological polar surface area (TPSA) is 67.0 Å². The highest BCUT2D eigenvalue weighted by atomic mass is 16.5. The smallest absolute Gasteiger partial charge is 0.224 e. The molecule has 0 unspecified atom stereocenters. The number of ether oxygens (including phenoxy) is 1. The summed E-state index contributed by atoms with van der Waals surface area (Å²) in [5, 5.41) is 3.14. The molecule has 1 amide bonds. The Morgan fingerprint density at radius 2 is 2.27 bits per heavy atom. The van der Waals surface area contributed by atoms with Crippen LogP contribution in [0.5, 0.6) is 5.75 Å². The van der Waals surface area contributed by atoms with E-state index in [-0.39, 0.29) is 17.9 Å². The van der Waals surface area contributed by atoms with Gasteiger partial charge >= 0.3 is 0 Å². The van der Waals surface area contributed by atoms with E-state index in [0.29, 0.717) is 6.61 Å². The highest BCUT2D eigenvalue weighted by molar-refractivity contribution is 5.80. The molecule has 1 aliphatic heterocycles. The van der Waals surface area contributed by atoms with Crippen molar-refractivity contribution in [1.82, 2.24) is 15.3 Å². The first-order valence-electron chi connectivity index (χ1n) is 7.77. The average molecular weight is 297 g/mol. The molecule has 2 heterocycles. The number of para-hydroxylation sites is 1. The first-order chi connectivity index (χ1) is 10.7. The molecule has 2 aliphatic rings.